The second-order valence-electron chi connectivity index (χ2n) is 10.1. The summed E-state index contributed by atoms with van der Waals surface area (Å²) in [5.74, 6) is 0.780. The highest BCUT2D eigenvalue weighted by Crippen LogP contribution is 2.61. The molecule has 2 aliphatic rings. The first-order valence-electron chi connectivity index (χ1n) is 11.4. The summed E-state index contributed by atoms with van der Waals surface area (Å²) < 4.78 is 17.4. The molecule has 2 aliphatic carbocycles. The Hall–Kier alpha value is -2.63. The van der Waals surface area contributed by atoms with Crippen molar-refractivity contribution < 1.29 is 23.5 Å². The Morgan fingerprint density at radius 3 is 2.59 bits per heavy atom. The zero-order valence-electron chi connectivity index (χ0n) is 19.5. The average Bonchev–Trinajstić information content (AvgIpc) is 2.74. The van der Waals surface area contributed by atoms with Crippen molar-refractivity contribution in [3.8, 4) is 5.75 Å². The van der Waals surface area contributed by atoms with Gasteiger partial charge in [0.15, 0.2) is 0 Å². The number of benzene rings is 1. The SMILES string of the molecule is CC(=O)OC1CC(C)C(C)(COc2ccc3ccc(=O)oc3c2)C2CCC(=O)C(C)C12C. The van der Waals surface area contributed by atoms with Gasteiger partial charge in [0, 0.05) is 47.6 Å². The van der Waals surface area contributed by atoms with Gasteiger partial charge in [0.25, 0.3) is 0 Å². The lowest BCUT2D eigenvalue weighted by molar-refractivity contribution is -0.203. The van der Waals surface area contributed by atoms with E-state index in [1.165, 1.54) is 13.0 Å². The minimum Gasteiger partial charge on any atom is -0.493 e. The first-order chi connectivity index (χ1) is 15.1. The Kier molecular flexibility index (Phi) is 5.68. The number of Topliss-reactive ketones (excluding diaryl/α,β-unsaturated/α-hetero) is 1. The zero-order valence-corrected chi connectivity index (χ0v) is 19.5. The van der Waals surface area contributed by atoms with E-state index in [-0.39, 0.29) is 41.0 Å². The van der Waals surface area contributed by atoms with Crippen molar-refractivity contribution in [3.05, 3.63) is 40.8 Å². The Labute approximate surface area is 188 Å². The largest absolute Gasteiger partial charge is 0.493 e. The van der Waals surface area contributed by atoms with Gasteiger partial charge in [0.05, 0.1) is 6.61 Å². The number of ether oxygens (including phenoxy) is 2. The van der Waals surface area contributed by atoms with Crippen molar-refractivity contribution in [2.45, 2.75) is 60.0 Å². The third-order valence-corrected chi connectivity index (χ3v) is 8.48. The first kappa shape index (κ1) is 22.6. The van der Waals surface area contributed by atoms with Crippen LogP contribution in [0.25, 0.3) is 11.0 Å². The summed E-state index contributed by atoms with van der Waals surface area (Å²) >= 11 is 0. The number of esters is 1. The molecule has 0 amide bonds. The highest BCUT2D eigenvalue weighted by Gasteiger charge is 2.62. The van der Waals surface area contributed by atoms with Crippen LogP contribution < -0.4 is 10.4 Å². The normalized spacial score (nSPS) is 34.7. The van der Waals surface area contributed by atoms with Gasteiger partial charge >= 0.3 is 11.6 Å². The molecule has 0 bridgehead atoms. The molecule has 6 atom stereocenters. The van der Waals surface area contributed by atoms with Gasteiger partial charge in [0.2, 0.25) is 0 Å². The summed E-state index contributed by atoms with van der Waals surface area (Å²) in [5.41, 5.74) is -0.557. The summed E-state index contributed by atoms with van der Waals surface area (Å²) in [5, 5.41) is 0.839. The van der Waals surface area contributed by atoms with Gasteiger partial charge in [-0.1, -0.05) is 27.7 Å². The van der Waals surface area contributed by atoms with E-state index in [4.69, 9.17) is 13.9 Å². The molecule has 2 aromatic rings. The fraction of sp³-hybridized carbons (Fsp3) is 0.577. The van der Waals surface area contributed by atoms with Crippen LogP contribution in [-0.4, -0.2) is 24.5 Å². The summed E-state index contributed by atoms with van der Waals surface area (Å²) in [4.78, 5) is 36.1. The maximum Gasteiger partial charge on any atom is 0.336 e. The Bertz CT molecular complexity index is 1100. The van der Waals surface area contributed by atoms with Crippen LogP contribution in [0.15, 0.2) is 39.5 Å². The van der Waals surface area contributed by atoms with Gasteiger partial charge < -0.3 is 13.9 Å². The standard InChI is InChI=1S/C26H32O6/c1-15-12-23(31-17(3)27)26(5)16(2)20(28)9-10-22(26)25(15,4)14-30-19-8-6-18-7-11-24(29)32-21(18)13-19/h6-8,11,13,15-16,22-23H,9-10,12,14H2,1-5H3. The molecule has 1 heterocycles. The summed E-state index contributed by atoms with van der Waals surface area (Å²) in [6, 6.07) is 8.65. The van der Waals surface area contributed by atoms with E-state index < -0.39 is 11.0 Å². The Morgan fingerprint density at radius 1 is 1.16 bits per heavy atom. The summed E-state index contributed by atoms with van der Waals surface area (Å²) in [6.45, 7) is 10.4. The second kappa shape index (κ2) is 8.05. The lowest BCUT2D eigenvalue weighted by Crippen LogP contribution is -2.63. The lowest BCUT2D eigenvalue weighted by Gasteiger charge is -2.61. The maximum atomic E-state index is 12.7. The van der Waals surface area contributed by atoms with E-state index in [0.717, 1.165) is 11.8 Å². The monoisotopic (exact) mass is 440 g/mol. The molecule has 2 fully saturated rings. The second-order valence-corrected chi connectivity index (χ2v) is 10.1. The third-order valence-electron chi connectivity index (χ3n) is 8.48. The molecule has 4 rings (SSSR count). The fourth-order valence-corrected chi connectivity index (χ4v) is 6.18. The number of ketones is 1. The number of carbonyl (C=O) groups is 2. The lowest BCUT2D eigenvalue weighted by atomic mass is 9.44. The van der Waals surface area contributed by atoms with E-state index in [0.29, 0.717) is 30.8 Å². The molecule has 0 aliphatic heterocycles. The molecule has 6 heteroatoms. The van der Waals surface area contributed by atoms with Crippen LogP contribution in [-0.2, 0) is 14.3 Å². The summed E-state index contributed by atoms with van der Waals surface area (Å²) in [6.07, 6.45) is 1.70. The van der Waals surface area contributed by atoms with E-state index in [9.17, 15) is 14.4 Å². The molecule has 0 saturated heterocycles. The molecule has 1 aromatic heterocycles. The predicted molar refractivity (Wildman–Crippen MR) is 120 cm³/mol. The number of carbonyl (C=O) groups excluding carboxylic acids is 2. The van der Waals surface area contributed by atoms with Crippen molar-refractivity contribution >= 4 is 22.7 Å². The molecule has 6 unspecified atom stereocenters. The van der Waals surface area contributed by atoms with Crippen LogP contribution in [0, 0.1) is 28.6 Å². The van der Waals surface area contributed by atoms with Crippen molar-refractivity contribution in [1.82, 2.24) is 0 Å². The van der Waals surface area contributed by atoms with Crippen LogP contribution in [0.3, 0.4) is 0 Å². The van der Waals surface area contributed by atoms with Gasteiger partial charge in [-0.25, -0.2) is 4.79 Å². The van der Waals surface area contributed by atoms with Gasteiger partial charge in [-0.2, -0.15) is 0 Å². The van der Waals surface area contributed by atoms with Crippen LogP contribution in [0.1, 0.15) is 53.9 Å². The molecule has 2 saturated carbocycles. The molecule has 0 N–H and O–H groups in total. The van der Waals surface area contributed by atoms with E-state index in [2.05, 4.69) is 20.8 Å². The topological polar surface area (TPSA) is 82.8 Å². The molecular formula is C26H32O6. The minimum absolute atomic E-state index is 0.161. The molecular weight excluding hydrogens is 408 g/mol. The first-order valence-corrected chi connectivity index (χ1v) is 11.4. The Balaban J connectivity index is 1.64. The highest BCUT2D eigenvalue weighted by molar-refractivity contribution is 5.82. The molecule has 0 radical (unpaired) electrons. The van der Waals surface area contributed by atoms with Gasteiger partial charge in [-0.3, -0.25) is 9.59 Å². The number of rotatable bonds is 4. The van der Waals surface area contributed by atoms with Crippen molar-refractivity contribution in [2.24, 2.45) is 28.6 Å². The fourth-order valence-electron chi connectivity index (χ4n) is 6.18. The van der Waals surface area contributed by atoms with Crippen molar-refractivity contribution in [1.29, 1.82) is 0 Å². The molecule has 6 nitrogen and oxygen atoms in total. The predicted octanol–water partition coefficient (Wildman–Crippen LogP) is 4.77. The van der Waals surface area contributed by atoms with Crippen LogP contribution in [0.4, 0.5) is 0 Å². The van der Waals surface area contributed by atoms with Crippen LogP contribution in [0.5, 0.6) is 5.75 Å². The summed E-state index contributed by atoms with van der Waals surface area (Å²) in [7, 11) is 0. The van der Waals surface area contributed by atoms with Gasteiger partial charge in [-0.15, -0.1) is 0 Å². The van der Waals surface area contributed by atoms with E-state index in [1.54, 1.807) is 12.1 Å². The van der Waals surface area contributed by atoms with Crippen LogP contribution >= 0.6 is 0 Å². The molecule has 32 heavy (non-hydrogen) atoms. The average molecular weight is 441 g/mol. The number of hydrogen-bond donors (Lipinski definition) is 0. The quantitative estimate of drug-likeness (QED) is 0.503. The van der Waals surface area contributed by atoms with Crippen LogP contribution in [0.2, 0.25) is 0 Å². The van der Waals surface area contributed by atoms with E-state index >= 15 is 0 Å². The number of hydrogen-bond acceptors (Lipinski definition) is 6. The number of fused-ring (bicyclic) bond motifs is 2. The molecule has 172 valence electrons. The third kappa shape index (κ3) is 3.63. The smallest absolute Gasteiger partial charge is 0.336 e. The zero-order chi connectivity index (χ0) is 23.3. The minimum atomic E-state index is -0.443. The maximum absolute atomic E-state index is 12.7. The molecule has 0 spiro atoms. The van der Waals surface area contributed by atoms with E-state index in [1.807, 2.05) is 19.1 Å². The van der Waals surface area contributed by atoms with Crippen molar-refractivity contribution in [3.63, 3.8) is 0 Å². The molecule has 1 aromatic carbocycles. The van der Waals surface area contributed by atoms with Crippen molar-refractivity contribution in [2.75, 3.05) is 6.61 Å². The highest BCUT2D eigenvalue weighted by atomic mass is 16.5. The van der Waals surface area contributed by atoms with Gasteiger partial charge in [-0.05, 0) is 42.9 Å². The Morgan fingerprint density at radius 2 is 1.88 bits per heavy atom. The van der Waals surface area contributed by atoms with Gasteiger partial charge in [0.1, 0.15) is 23.2 Å².